The van der Waals surface area contributed by atoms with E-state index in [0.717, 1.165) is 5.75 Å². The van der Waals surface area contributed by atoms with Gasteiger partial charge < -0.3 is 19.2 Å². The van der Waals surface area contributed by atoms with Crippen LogP contribution in [0.25, 0.3) is 0 Å². The topological polar surface area (TPSA) is 60.7 Å². The Labute approximate surface area is 150 Å². The fraction of sp³-hybridized carbons (Fsp3) is 0.105. The van der Waals surface area contributed by atoms with Gasteiger partial charge in [-0.3, -0.25) is 4.79 Å². The van der Waals surface area contributed by atoms with Crippen LogP contribution in [0.3, 0.4) is 0 Å². The Balaban J connectivity index is 1.61. The quantitative estimate of drug-likeness (QED) is 0.690. The fourth-order valence-corrected chi connectivity index (χ4v) is 2.44. The third-order valence-corrected chi connectivity index (χ3v) is 3.71. The zero-order chi connectivity index (χ0) is 17.6. The molecule has 0 atom stereocenters. The van der Waals surface area contributed by atoms with Gasteiger partial charge in [-0.15, -0.1) is 0 Å². The van der Waals surface area contributed by atoms with Crippen molar-refractivity contribution in [3.8, 4) is 11.5 Å². The first kappa shape index (κ1) is 16.9. The summed E-state index contributed by atoms with van der Waals surface area (Å²) < 4.78 is 16.2. The summed E-state index contributed by atoms with van der Waals surface area (Å²) in [5.74, 6) is 1.66. The summed E-state index contributed by atoms with van der Waals surface area (Å²) in [6, 6.07) is 17.7. The maximum atomic E-state index is 12.2. The molecule has 0 fully saturated rings. The molecular weight excluding hydrogens is 342 g/mol. The van der Waals surface area contributed by atoms with Crippen molar-refractivity contribution in [2.45, 2.75) is 6.61 Å². The van der Waals surface area contributed by atoms with E-state index in [0.29, 0.717) is 22.2 Å². The third-order valence-electron chi connectivity index (χ3n) is 3.42. The van der Waals surface area contributed by atoms with Gasteiger partial charge in [0.05, 0.1) is 12.1 Å². The van der Waals surface area contributed by atoms with Crippen LogP contribution in [-0.2, 0) is 6.61 Å². The summed E-state index contributed by atoms with van der Waals surface area (Å²) in [5, 5.41) is 3.14. The summed E-state index contributed by atoms with van der Waals surface area (Å²) in [7, 11) is 1.53. The van der Waals surface area contributed by atoms with Crippen LogP contribution in [0.2, 0.25) is 5.02 Å². The number of halogens is 1. The van der Waals surface area contributed by atoms with E-state index in [1.54, 1.807) is 30.3 Å². The first-order valence-corrected chi connectivity index (χ1v) is 7.95. The van der Waals surface area contributed by atoms with Crippen LogP contribution >= 0.6 is 11.6 Å². The second-order valence-electron chi connectivity index (χ2n) is 5.17. The lowest BCUT2D eigenvalue weighted by atomic mass is 10.3. The van der Waals surface area contributed by atoms with Crippen LogP contribution in [-0.4, -0.2) is 13.0 Å². The molecular formula is C19H16ClNO4. The molecule has 25 heavy (non-hydrogen) atoms. The highest BCUT2D eigenvalue weighted by molar-refractivity contribution is 6.32. The number of nitrogens with one attached hydrogen (secondary N) is 1. The Morgan fingerprint density at radius 3 is 2.64 bits per heavy atom. The molecule has 5 nitrogen and oxygen atoms in total. The standard InChI is InChI=1S/C19H16ClNO4/c1-23-17-9-7-13(11-16(17)20)21-19(22)18-10-8-15(25-18)12-24-14-5-3-2-4-6-14/h2-11H,12H2,1H3,(H,21,22). The van der Waals surface area contributed by atoms with Gasteiger partial charge in [0.1, 0.15) is 23.9 Å². The number of carbonyl (C=O) groups is 1. The third kappa shape index (κ3) is 4.33. The van der Waals surface area contributed by atoms with Gasteiger partial charge in [0.25, 0.3) is 5.91 Å². The number of amides is 1. The predicted octanol–water partition coefficient (Wildman–Crippen LogP) is 4.77. The van der Waals surface area contributed by atoms with Gasteiger partial charge in [-0.05, 0) is 42.5 Å². The number of carbonyl (C=O) groups excluding carboxylic acids is 1. The number of hydrogen-bond donors (Lipinski definition) is 1. The van der Waals surface area contributed by atoms with Crippen LogP contribution < -0.4 is 14.8 Å². The molecule has 3 rings (SSSR count). The monoisotopic (exact) mass is 357 g/mol. The minimum absolute atomic E-state index is 0.193. The summed E-state index contributed by atoms with van der Waals surface area (Å²) in [5.41, 5.74) is 0.550. The van der Waals surface area contributed by atoms with Crippen molar-refractivity contribution in [2.75, 3.05) is 12.4 Å². The van der Waals surface area contributed by atoms with Gasteiger partial charge in [0, 0.05) is 5.69 Å². The zero-order valence-corrected chi connectivity index (χ0v) is 14.2. The van der Waals surface area contributed by atoms with E-state index in [2.05, 4.69) is 5.32 Å². The molecule has 6 heteroatoms. The first-order chi connectivity index (χ1) is 12.2. The van der Waals surface area contributed by atoms with E-state index < -0.39 is 0 Å². The number of rotatable bonds is 6. The van der Waals surface area contributed by atoms with E-state index in [-0.39, 0.29) is 18.3 Å². The molecule has 1 aromatic heterocycles. The van der Waals surface area contributed by atoms with E-state index in [1.807, 2.05) is 30.3 Å². The molecule has 0 saturated heterocycles. The Morgan fingerprint density at radius 2 is 1.92 bits per heavy atom. The van der Waals surface area contributed by atoms with Gasteiger partial charge >= 0.3 is 0 Å². The highest BCUT2D eigenvalue weighted by Crippen LogP contribution is 2.27. The summed E-state index contributed by atoms with van der Waals surface area (Å²) in [4.78, 5) is 12.2. The Kier molecular flexibility index (Phi) is 5.26. The number of hydrogen-bond acceptors (Lipinski definition) is 4. The van der Waals surface area contributed by atoms with Crippen molar-refractivity contribution < 1.29 is 18.7 Å². The molecule has 0 saturated carbocycles. The van der Waals surface area contributed by atoms with Crippen molar-refractivity contribution in [1.82, 2.24) is 0 Å². The number of furan rings is 1. The van der Waals surface area contributed by atoms with Gasteiger partial charge in [0.2, 0.25) is 0 Å². The second kappa shape index (κ2) is 7.77. The van der Waals surface area contributed by atoms with E-state index in [9.17, 15) is 4.79 Å². The molecule has 1 amide bonds. The van der Waals surface area contributed by atoms with Crippen LogP contribution in [0.1, 0.15) is 16.3 Å². The second-order valence-corrected chi connectivity index (χ2v) is 5.58. The van der Waals surface area contributed by atoms with E-state index >= 15 is 0 Å². The molecule has 0 aliphatic carbocycles. The summed E-state index contributed by atoms with van der Waals surface area (Å²) in [6.45, 7) is 0.242. The molecule has 1 heterocycles. The van der Waals surface area contributed by atoms with Crippen molar-refractivity contribution >= 4 is 23.2 Å². The summed E-state index contributed by atoms with van der Waals surface area (Å²) in [6.07, 6.45) is 0. The van der Waals surface area contributed by atoms with Crippen molar-refractivity contribution in [3.05, 3.63) is 77.2 Å². The van der Waals surface area contributed by atoms with Gasteiger partial charge in [-0.2, -0.15) is 0 Å². The Morgan fingerprint density at radius 1 is 1.12 bits per heavy atom. The Bertz CT molecular complexity index is 861. The molecule has 2 aromatic carbocycles. The van der Waals surface area contributed by atoms with E-state index in [1.165, 1.54) is 7.11 Å². The molecule has 128 valence electrons. The molecule has 0 aliphatic rings. The number of anilines is 1. The average molecular weight is 358 g/mol. The molecule has 3 aromatic rings. The van der Waals surface area contributed by atoms with Crippen LogP contribution in [0.15, 0.2) is 65.1 Å². The van der Waals surface area contributed by atoms with Crippen LogP contribution in [0.5, 0.6) is 11.5 Å². The maximum Gasteiger partial charge on any atom is 0.291 e. The molecule has 0 unspecified atom stereocenters. The van der Waals surface area contributed by atoms with Gasteiger partial charge in [-0.25, -0.2) is 0 Å². The molecule has 0 bridgehead atoms. The number of ether oxygens (including phenoxy) is 2. The summed E-state index contributed by atoms with van der Waals surface area (Å²) >= 11 is 6.05. The largest absolute Gasteiger partial charge is 0.495 e. The Hall–Kier alpha value is -2.92. The smallest absolute Gasteiger partial charge is 0.291 e. The molecule has 0 aliphatic heterocycles. The lowest BCUT2D eigenvalue weighted by Crippen LogP contribution is -2.10. The lowest BCUT2D eigenvalue weighted by Gasteiger charge is -2.07. The van der Waals surface area contributed by atoms with Crippen molar-refractivity contribution in [3.63, 3.8) is 0 Å². The lowest BCUT2D eigenvalue weighted by molar-refractivity contribution is 0.0992. The minimum Gasteiger partial charge on any atom is -0.495 e. The molecule has 0 spiro atoms. The van der Waals surface area contributed by atoms with Gasteiger partial charge in [0.15, 0.2) is 5.76 Å². The SMILES string of the molecule is COc1ccc(NC(=O)c2ccc(COc3ccccc3)o2)cc1Cl. The van der Waals surface area contributed by atoms with Crippen LogP contribution in [0.4, 0.5) is 5.69 Å². The highest BCUT2D eigenvalue weighted by Gasteiger charge is 2.13. The fourth-order valence-electron chi connectivity index (χ4n) is 2.19. The average Bonchev–Trinajstić information content (AvgIpc) is 3.10. The van der Waals surface area contributed by atoms with Gasteiger partial charge in [-0.1, -0.05) is 29.8 Å². The predicted molar refractivity (Wildman–Crippen MR) is 95.4 cm³/mol. The van der Waals surface area contributed by atoms with E-state index in [4.69, 9.17) is 25.5 Å². The number of benzene rings is 2. The molecule has 1 N–H and O–H groups in total. The zero-order valence-electron chi connectivity index (χ0n) is 13.5. The number of para-hydroxylation sites is 1. The first-order valence-electron chi connectivity index (χ1n) is 7.57. The normalized spacial score (nSPS) is 10.3. The van der Waals surface area contributed by atoms with Crippen molar-refractivity contribution in [2.24, 2.45) is 0 Å². The highest BCUT2D eigenvalue weighted by atomic mass is 35.5. The van der Waals surface area contributed by atoms with Crippen LogP contribution in [0, 0.1) is 0 Å². The number of methoxy groups -OCH3 is 1. The van der Waals surface area contributed by atoms with Crippen molar-refractivity contribution in [1.29, 1.82) is 0 Å². The minimum atomic E-state index is -0.368. The maximum absolute atomic E-state index is 12.2. The molecule has 0 radical (unpaired) electrons.